The molecule has 8 heteroatoms. The molecule has 2 rings (SSSR count). The van der Waals surface area contributed by atoms with Crippen molar-refractivity contribution in [2.24, 2.45) is 5.73 Å². The number of hydrogen-bond acceptors (Lipinski definition) is 5. The zero-order chi connectivity index (χ0) is 17.0. The number of carboxylic acids is 1. The second-order valence-electron chi connectivity index (χ2n) is 4.44. The number of carbonyl (C=O) groups is 2. The van der Waals surface area contributed by atoms with Crippen LogP contribution in [0.3, 0.4) is 0 Å². The van der Waals surface area contributed by atoms with Crippen LogP contribution in [0.1, 0.15) is 15.9 Å². The molecule has 0 heterocycles. The Morgan fingerprint density at radius 2 is 1.78 bits per heavy atom. The molecule has 118 valence electrons. The van der Waals surface area contributed by atoms with Gasteiger partial charge >= 0.3 is 12.1 Å². The van der Waals surface area contributed by atoms with Crippen LogP contribution < -0.4 is 15.8 Å². The molecule has 0 aromatic heterocycles. The Morgan fingerprint density at radius 1 is 1.13 bits per heavy atom. The number of amides is 1. The third-order valence-electron chi connectivity index (χ3n) is 2.82. The smallest absolute Gasteiger partial charge is 0.417 e. The molecule has 0 bridgehead atoms. The number of nitrogens with one attached hydrogen (secondary N) is 1. The lowest BCUT2D eigenvalue weighted by atomic mass is 10.2. The predicted octanol–water partition coefficient (Wildman–Crippen LogP) is 2.34. The normalized spacial score (nSPS) is 9.91. The summed E-state index contributed by atoms with van der Waals surface area (Å²) in [5.41, 5.74) is 5.94. The van der Waals surface area contributed by atoms with Crippen LogP contribution in [0, 0.1) is 0 Å². The van der Waals surface area contributed by atoms with Gasteiger partial charge in [0.2, 0.25) is 0 Å². The number of hydrogen-bond donors (Lipinski definition) is 4. The minimum absolute atomic E-state index is 0.171. The predicted molar refractivity (Wildman–Crippen MR) is 87.0 cm³/mol. The monoisotopic (exact) mass is 332 g/mol. The number of aromatic carboxylic acids is 1. The van der Waals surface area contributed by atoms with Crippen molar-refractivity contribution in [1.29, 1.82) is 0 Å². The number of thiocarbonyl (C=S) groups is 1. The van der Waals surface area contributed by atoms with E-state index < -0.39 is 17.8 Å². The molecule has 0 saturated heterocycles. The minimum Gasteiger partial charge on any atom is -0.507 e. The van der Waals surface area contributed by atoms with E-state index in [0.29, 0.717) is 5.56 Å². The van der Waals surface area contributed by atoms with Gasteiger partial charge in [0.05, 0.1) is 0 Å². The maximum absolute atomic E-state index is 11.8. The van der Waals surface area contributed by atoms with Gasteiger partial charge in [-0.25, -0.2) is 9.59 Å². The molecule has 23 heavy (non-hydrogen) atoms. The lowest BCUT2D eigenvalue weighted by Crippen LogP contribution is -2.17. The van der Waals surface area contributed by atoms with Crippen molar-refractivity contribution < 1.29 is 24.5 Å². The van der Waals surface area contributed by atoms with Gasteiger partial charge in [-0.15, -0.1) is 0 Å². The number of carbonyl (C=O) groups excluding carboxylic acids is 1. The summed E-state index contributed by atoms with van der Waals surface area (Å²) in [6, 6.07) is 9.88. The molecular formula is C15H12N2O5S. The molecule has 1 amide bonds. The van der Waals surface area contributed by atoms with Gasteiger partial charge in [0, 0.05) is 11.3 Å². The fourth-order valence-electron chi connectivity index (χ4n) is 1.72. The molecule has 0 unspecified atom stereocenters. The van der Waals surface area contributed by atoms with Crippen LogP contribution >= 0.6 is 12.2 Å². The molecule has 2 aromatic carbocycles. The van der Waals surface area contributed by atoms with E-state index in [0.717, 1.165) is 12.1 Å². The zero-order valence-corrected chi connectivity index (χ0v) is 12.5. The lowest BCUT2D eigenvalue weighted by Gasteiger charge is -2.08. The van der Waals surface area contributed by atoms with Gasteiger partial charge in [0.15, 0.2) is 0 Å². The maximum Gasteiger partial charge on any atom is 0.417 e. The minimum atomic E-state index is -1.31. The van der Waals surface area contributed by atoms with Crippen LogP contribution in [0.15, 0.2) is 42.5 Å². The van der Waals surface area contributed by atoms with Gasteiger partial charge in [0.1, 0.15) is 22.1 Å². The van der Waals surface area contributed by atoms with Gasteiger partial charge < -0.3 is 20.7 Å². The summed E-state index contributed by atoms with van der Waals surface area (Å²) in [5.74, 6) is -1.45. The van der Waals surface area contributed by atoms with Crippen molar-refractivity contribution in [1.82, 2.24) is 0 Å². The second-order valence-corrected chi connectivity index (χ2v) is 4.88. The van der Waals surface area contributed by atoms with Crippen molar-refractivity contribution in [2.45, 2.75) is 0 Å². The van der Waals surface area contributed by atoms with Crippen molar-refractivity contribution >= 4 is 35.0 Å². The third kappa shape index (κ3) is 4.17. The summed E-state index contributed by atoms with van der Waals surface area (Å²) in [7, 11) is 0. The number of aromatic hydroxyl groups is 1. The van der Waals surface area contributed by atoms with Crippen molar-refractivity contribution in [3.63, 3.8) is 0 Å². The molecule has 0 aliphatic carbocycles. The molecule has 0 aliphatic rings. The molecule has 0 spiro atoms. The zero-order valence-electron chi connectivity index (χ0n) is 11.6. The Hall–Kier alpha value is -3.13. The lowest BCUT2D eigenvalue weighted by molar-refractivity contribution is 0.0693. The van der Waals surface area contributed by atoms with E-state index >= 15 is 0 Å². The number of rotatable bonds is 4. The average molecular weight is 332 g/mol. The standard InChI is InChI=1S/C15H12N2O5S/c16-13(23)8-1-4-10(5-2-8)22-15(21)17-9-3-6-12(18)11(7-9)14(19)20/h1-7,18H,(H2,16,23)(H,17,21)(H,19,20). The summed E-state index contributed by atoms with van der Waals surface area (Å²) in [5, 5.41) is 20.7. The quantitative estimate of drug-likeness (QED) is 0.500. The highest BCUT2D eigenvalue weighted by molar-refractivity contribution is 7.80. The Balaban J connectivity index is 2.06. The number of carboxylic acid groups (broad SMARTS) is 1. The summed E-state index contributed by atoms with van der Waals surface area (Å²) >= 11 is 4.81. The maximum atomic E-state index is 11.8. The van der Waals surface area contributed by atoms with Gasteiger partial charge in [0.25, 0.3) is 0 Å². The first-order valence-electron chi connectivity index (χ1n) is 6.32. The fourth-order valence-corrected chi connectivity index (χ4v) is 1.86. The Bertz CT molecular complexity index is 774. The summed E-state index contributed by atoms with van der Waals surface area (Å²) in [6.45, 7) is 0. The van der Waals surface area contributed by atoms with Gasteiger partial charge in [-0.3, -0.25) is 5.32 Å². The second kappa shape index (κ2) is 6.75. The number of nitrogens with two attached hydrogens (primary N) is 1. The van der Waals surface area contributed by atoms with Crippen LogP contribution in [-0.4, -0.2) is 27.3 Å². The summed E-state index contributed by atoms with van der Waals surface area (Å²) < 4.78 is 5.04. The first kappa shape index (κ1) is 16.2. The first-order chi connectivity index (χ1) is 10.9. The highest BCUT2D eigenvalue weighted by Gasteiger charge is 2.12. The third-order valence-corrected chi connectivity index (χ3v) is 3.06. The van der Waals surface area contributed by atoms with Crippen LogP contribution in [0.25, 0.3) is 0 Å². The van der Waals surface area contributed by atoms with Crippen molar-refractivity contribution in [2.75, 3.05) is 5.32 Å². The average Bonchev–Trinajstić information content (AvgIpc) is 2.49. The van der Waals surface area contributed by atoms with Gasteiger partial charge in [-0.1, -0.05) is 12.2 Å². The number of anilines is 1. The number of benzene rings is 2. The number of phenols is 1. The van der Waals surface area contributed by atoms with E-state index in [9.17, 15) is 14.7 Å². The largest absolute Gasteiger partial charge is 0.507 e. The molecule has 0 fully saturated rings. The topological polar surface area (TPSA) is 122 Å². The van der Waals surface area contributed by atoms with Crippen LogP contribution in [0.5, 0.6) is 11.5 Å². The molecule has 0 radical (unpaired) electrons. The Labute approximate surface area is 136 Å². The van der Waals surface area contributed by atoms with E-state index in [2.05, 4.69) is 5.32 Å². The molecular weight excluding hydrogens is 320 g/mol. The van der Waals surface area contributed by atoms with Crippen LogP contribution in [-0.2, 0) is 0 Å². The molecule has 5 N–H and O–H groups in total. The summed E-state index contributed by atoms with van der Waals surface area (Å²) in [4.78, 5) is 22.9. The van der Waals surface area contributed by atoms with Gasteiger partial charge in [-0.05, 0) is 42.5 Å². The van der Waals surface area contributed by atoms with Crippen LogP contribution in [0.2, 0.25) is 0 Å². The van der Waals surface area contributed by atoms with Crippen molar-refractivity contribution in [3.05, 3.63) is 53.6 Å². The SMILES string of the molecule is NC(=S)c1ccc(OC(=O)Nc2ccc(O)c(C(=O)O)c2)cc1. The molecule has 2 aromatic rings. The fraction of sp³-hybridized carbons (Fsp3) is 0. The highest BCUT2D eigenvalue weighted by Crippen LogP contribution is 2.22. The first-order valence-corrected chi connectivity index (χ1v) is 6.72. The molecule has 0 aliphatic heterocycles. The van der Waals surface area contributed by atoms with Crippen molar-refractivity contribution in [3.8, 4) is 11.5 Å². The highest BCUT2D eigenvalue weighted by atomic mass is 32.1. The van der Waals surface area contributed by atoms with E-state index in [1.165, 1.54) is 18.2 Å². The summed E-state index contributed by atoms with van der Waals surface area (Å²) in [6.07, 6.45) is -0.810. The van der Waals surface area contributed by atoms with Crippen LogP contribution in [0.4, 0.5) is 10.5 Å². The van der Waals surface area contributed by atoms with E-state index in [1.807, 2.05) is 0 Å². The van der Waals surface area contributed by atoms with E-state index in [4.69, 9.17) is 27.8 Å². The molecule has 0 atom stereocenters. The van der Waals surface area contributed by atoms with E-state index in [1.54, 1.807) is 12.1 Å². The Morgan fingerprint density at radius 3 is 2.35 bits per heavy atom. The number of ether oxygens (including phenoxy) is 1. The molecule has 0 saturated carbocycles. The van der Waals surface area contributed by atoms with E-state index in [-0.39, 0.29) is 22.0 Å². The molecule has 7 nitrogen and oxygen atoms in total. The Kier molecular flexibility index (Phi) is 4.77. The van der Waals surface area contributed by atoms with Gasteiger partial charge in [-0.2, -0.15) is 0 Å².